The van der Waals surface area contributed by atoms with Crippen LogP contribution in [-0.4, -0.2) is 14.9 Å². The normalized spacial score (nSPS) is 13.1. The maximum atomic E-state index is 13.9. The van der Waals surface area contributed by atoms with E-state index in [0.29, 0.717) is 16.4 Å². The van der Waals surface area contributed by atoms with Gasteiger partial charge in [0, 0.05) is 34.6 Å². The molecule has 5 aromatic rings. The zero-order chi connectivity index (χ0) is 23.9. The number of hydrogen-bond donors (Lipinski definition) is 1. The topological polar surface area (TPSA) is 38.4 Å². The number of hydrogen-bond acceptors (Lipinski definition) is 1. The number of carbonyl (C=O) groups excluding carboxylic acids is 1. The first-order valence-electron chi connectivity index (χ1n) is 12.1. The van der Waals surface area contributed by atoms with E-state index in [9.17, 15) is 4.79 Å². The van der Waals surface area contributed by atoms with Crippen molar-refractivity contribution in [3.8, 4) is 22.4 Å². The highest BCUT2D eigenvalue weighted by molar-refractivity contribution is 6.31. The van der Waals surface area contributed by atoms with Crippen LogP contribution < -0.4 is 5.32 Å². The molecule has 0 atom stereocenters. The second kappa shape index (κ2) is 8.79. The minimum absolute atomic E-state index is 0.138. The van der Waals surface area contributed by atoms with E-state index >= 15 is 0 Å². The van der Waals surface area contributed by atoms with Gasteiger partial charge < -0.3 is 9.88 Å². The van der Waals surface area contributed by atoms with Crippen LogP contribution in [0.1, 0.15) is 34.5 Å². The standard InChI is InChI=1S/C30H26ClN3O/c1-20-13-15-22(16-14-20)27-25-12-5-6-17-33-26(21-8-3-2-4-9-21)19-34(30(25)33)28(27)29(35)32-24-11-7-10-23(31)18-24/h2-4,7-11,13-16,18-19H,5-6,12,17H2,1H3,(H,32,35). The van der Waals surface area contributed by atoms with E-state index in [2.05, 4.69) is 75.9 Å². The molecule has 0 spiro atoms. The molecule has 0 saturated carbocycles. The average Bonchev–Trinajstić information content (AvgIpc) is 3.28. The first-order chi connectivity index (χ1) is 17.1. The number of halogens is 1. The quantitative estimate of drug-likeness (QED) is 0.283. The number of rotatable bonds is 4. The van der Waals surface area contributed by atoms with E-state index in [1.54, 1.807) is 12.1 Å². The Morgan fingerprint density at radius 1 is 0.914 bits per heavy atom. The SMILES string of the molecule is Cc1ccc(-c2c3c4n(c(-c5ccccc5)cn4c2C(=O)Nc2cccc(Cl)c2)CCCC3)cc1. The Balaban J connectivity index is 1.61. The van der Waals surface area contributed by atoms with Crippen LogP contribution in [0.25, 0.3) is 28.0 Å². The summed E-state index contributed by atoms with van der Waals surface area (Å²) in [6.07, 6.45) is 5.26. The molecule has 2 aromatic heterocycles. The summed E-state index contributed by atoms with van der Waals surface area (Å²) >= 11 is 6.20. The highest BCUT2D eigenvalue weighted by atomic mass is 35.5. The van der Waals surface area contributed by atoms with Crippen molar-refractivity contribution in [3.05, 3.63) is 107 Å². The number of benzene rings is 3. The van der Waals surface area contributed by atoms with Crippen LogP contribution >= 0.6 is 11.6 Å². The van der Waals surface area contributed by atoms with Gasteiger partial charge in [-0.2, -0.15) is 0 Å². The third-order valence-electron chi connectivity index (χ3n) is 6.84. The third-order valence-corrected chi connectivity index (χ3v) is 7.08. The van der Waals surface area contributed by atoms with Gasteiger partial charge in [0.1, 0.15) is 11.3 Å². The summed E-state index contributed by atoms with van der Waals surface area (Å²) < 4.78 is 4.50. The highest BCUT2D eigenvalue weighted by Crippen LogP contribution is 2.39. The van der Waals surface area contributed by atoms with Crippen LogP contribution in [0.5, 0.6) is 0 Å². The number of aryl methyl sites for hydroxylation is 3. The molecule has 1 amide bonds. The molecule has 174 valence electrons. The summed E-state index contributed by atoms with van der Waals surface area (Å²) in [5.74, 6) is -0.138. The van der Waals surface area contributed by atoms with Crippen molar-refractivity contribution < 1.29 is 4.79 Å². The van der Waals surface area contributed by atoms with Gasteiger partial charge in [0.05, 0.1) is 5.69 Å². The van der Waals surface area contributed by atoms with Crippen molar-refractivity contribution in [1.82, 2.24) is 8.97 Å². The summed E-state index contributed by atoms with van der Waals surface area (Å²) in [7, 11) is 0. The van der Waals surface area contributed by atoms with Crippen LogP contribution in [0, 0.1) is 6.92 Å². The number of carbonyl (C=O) groups is 1. The monoisotopic (exact) mass is 479 g/mol. The molecule has 5 heteroatoms. The smallest absolute Gasteiger partial charge is 0.273 e. The molecule has 3 aromatic carbocycles. The Morgan fingerprint density at radius 2 is 1.71 bits per heavy atom. The predicted octanol–water partition coefficient (Wildman–Crippen LogP) is 7.63. The van der Waals surface area contributed by atoms with Crippen molar-refractivity contribution in [1.29, 1.82) is 0 Å². The summed E-state index contributed by atoms with van der Waals surface area (Å²) in [4.78, 5) is 13.9. The fourth-order valence-electron chi connectivity index (χ4n) is 5.24. The van der Waals surface area contributed by atoms with Crippen molar-refractivity contribution in [2.24, 2.45) is 0 Å². The van der Waals surface area contributed by atoms with Gasteiger partial charge in [-0.3, -0.25) is 9.20 Å². The van der Waals surface area contributed by atoms with Gasteiger partial charge in [-0.15, -0.1) is 0 Å². The maximum absolute atomic E-state index is 13.9. The summed E-state index contributed by atoms with van der Waals surface area (Å²) in [5, 5.41) is 3.69. The Bertz CT molecular complexity index is 1540. The van der Waals surface area contributed by atoms with Crippen LogP contribution in [0.2, 0.25) is 5.02 Å². The van der Waals surface area contributed by atoms with Gasteiger partial charge >= 0.3 is 0 Å². The Morgan fingerprint density at radius 3 is 2.49 bits per heavy atom. The second-order valence-electron chi connectivity index (χ2n) is 9.22. The molecule has 0 bridgehead atoms. The maximum Gasteiger partial charge on any atom is 0.273 e. The van der Waals surface area contributed by atoms with E-state index in [4.69, 9.17) is 11.6 Å². The van der Waals surface area contributed by atoms with Gasteiger partial charge in [-0.1, -0.05) is 77.8 Å². The molecule has 4 nitrogen and oxygen atoms in total. The van der Waals surface area contributed by atoms with Gasteiger partial charge in [0.25, 0.3) is 5.91 Å². The molecular weight excluding hydrogens is 454 g/mol. The van der Waals surface area contributed by atoms with Crippen molar-refractivity contribution in [2.75, 3.05) is 5.32 Å². The lowest BCUT2D eigenvalue weighted by Gasteiger charge is -2.11. The number of nitrogens with one attached hydrogen (secondary N) is 1. The summed E-state index contributed by atoms with van der Waals surface area (Å²) in [6, 6.07) is 26.2. The van der Waals surface area contributed by atoms with Crippen LogP contribution in [-0.2, 0) is 13.0 Å². The number of imidazole rings is 1. The minimum Gasteiger partial charge on any atom is -0.325 e. The number of anilines is 1. The largest absolute Gasteiger partial charge is 0.325 e. The van der Waals surface area contributed by atoms with E-state index < -0.39 is 0 Å². The van der Waals surface area contributed by atoms with Crippen molar-refractivity contribution in [3.63, 3.8) is 0 Å². The lowest BCUT2D eigenvalue weighted by atomic mass is 9.97. The van der Waals surface area contributed by atoms with E-state index in [-0.39, 0.29) is 5.91 Å². The van der Waals surface area contributed by atoms with Crippen molar-refractivity contribution >= 4 is 28.8 Å². The van der Waals surface area contributed by atoms with E-state index in [1.165, 1.54) is 11.1 Å². The Hall–Kier alpha value is -3.76. The molecule has 1 N–H and O–H groups in total. The van der Waals surface area contributed by atoms with Gasteiger partial charge in [-0.25, -0.2) is 0 Å². The lowest BCUT2D eigenvalue weighted by molar-refractivity contribution is 0.102. The molecule has 35 heavy (non-hydrogen) atoms. The molecule has 1 aliphatic heterocycles. The molecule has 1 aliphatic rings. The van der Waals surface area contributed by atoms with Crippen LogP contribution in [0.4, 0.5) is 5.69 Å². The zero-order valence-corrected chi connectivity index (χ0v) is 20.3. The number of nitrogens with zero attached hydrogens (tertiary/aromatic N) is 2. The summed E-state index contributed by atoms with van der Waals surface area (Å²) in [5.41, 5.74) is 9.29. The third kappa shape index (κ3) is 3.84. The molecule has 0 aliphatic carbocycles. The Labute approximate surface area is 209 Å². The van der Waals surface area contributed by atoms with E-state index in [1.807, 2.05) is 18.2 Å². The second-order valence-corrected chi connectivity index (χ2v) is 9.65. The highest BCUT2D eigenvalue weighted by Gasteiger charge is 2.29. The van der Waals surface area contributed by atoms with Gasteiger partial charge in [0.15, 0.2) is 0 Å². The molecule has 0 fully saturated rings. The number of aromatic nitrogens is 2. The fourth-order valence-corrected chi connectivity index (χ4v) is 5.43. The molecular formula is C30H26ClN3O. The minimum atomic E-state index is -0.138. The van der Waals surface area contributed by atoms with Gasteiger partial charge in [-0.05, 0) is 55.5 Å². The first kappa shape index (κ1) is 21.8. The van der Waals surface area contributed by atoms with Crippen LogP contribution in [0.3, 0.4) is 0 Å². The van der Waals surface area contributed by atoms with Crippen molar-refractivity contribution in [2.45, 2.75) is 32.7 Å². The number of amides is 1. The van der Waals surface area contributed by atoms with Gasteiger partial charge in [0.2, 0.25) is 0 Å². The molecule has 0 unspecified atom stereocenters. The molecule has 6 rings (SSSR count). The zero-order valence-electron chi connectivity index (χ0n) is 19.6. The Kier molecular flexibility index (Phi) is 5.46. The first-order valence-corrected chi connectivity index (χ1v) is 12.4. The lowest BCUT2D eigenvalue weighted by Crippen LogP contribution is -2.15. The molecule has 0 radical (unpaired) electrons. The average molecular weight is 480 g/mol. The molecule has 3 heterocycles. The predicted molar refractivity (Wildman–Crippen MR) is 143 cm³/mol. The van der Waals surface area contributed by atoms with Crippen LogP contribution in [0.15, 0.2) is 85.1 Å². The molecule has 0 saturated heterocycles. The summed E-state index contributed by atoms with van der Waals surface area (Å²) in [6.45, 7) is 3.02. The fraction of sp³-hybridized carbons (Fsp3) is 0.167. The van der Waals surface area contributed by atoms with E-state index in [0.717, 1.165) is 53.8 Å².